The fourth-order valence-corrected chi connectivity index (χ4v) is 6.03. The molecule has 3 rings (SSSR count). The van der Waals surface area contributed by atoms with Gasteiger partial charge in [-0.1, -0.05) is 39.0 Å². The third kappa shape index (κ3) is 5.94. The van der Waals surface area contributed by atoms with Crippen molar-refractivity contribution in [2.75, 3.05) is 26.7 Å². The summed E-state index contributed by atoms with van der Waals surface area (Å²) in [5.41, 5.74) is 0.683. The van der Waals surface area contributed by atoms with E-state index in [1.165, 1.54) is 10.4 Å². The number of carbonyl (C=O) groups excluding carboxylic acids is 1. The molecule has 0 bridgehead atoms. The largest absolute Gasteiger partial charge is 0.487 e. The van der Waals surface area contributed by atoms with Crippen molar-refractivity contribution >= 4 is 15.9 Å². The van der Waals surface area contributed by atoms with Gasteiger partial charge in [-0.2, -0.15) is 4.31 Å². The highest BCUT2D eigenvalue weighted by molar-refractivity contribution is 7.89. The van der Waals surface area contributed by atoms with Crippen LogP contribution in [0.5, 0.6) is 5.75 Å². The minimum Gasteiger partial charge on any atom is -0.487 e. The summed E-state index contributed by atoms with van der Waals surface area (Å²) in [6.07, 6.45) is 3.26. The molecule has 1 fully saturated rings. The lowest BCUT2D eigenvalue weighted by Crippen LogP contribution is -2.50. The number of aliphatic hydroxyl groups is 1. The number of amides is 1. The Bertz CT molecular complexity index is 1040. The van der Waals surface area contributed by atoms with Crippen LogP contribution >= 0.6 is 0 Å². The Morgan fingerprint density at radius 3 is 2.59 bits per heavy atom. The van der Waals surface area contributed by atoms with Crippen LogP contribution in [0.25, 0.3) is 0 Å². The third-order valence-corrected chi connectivity index (χ3v) is 8.71. The minimum atomic E-state index is -3.89. The number of hydrogen-bond donors (Lipinski definition) is 1. The van der Waals surface area contributed by atoms with Crippen LogP contribution in [0.1, 0.15) is 58.9 Å². The standard InChI is InChI=1S/C26H38N2O5S/c1-18(2)8-6-9-21-12-13-25-23(14-21)33-24(16-27(5)26(30)22-10-7-11-22)19(3)15-28(20(4)17-29)34(25,31)32/h12-14,18-20,22,24,29H,7-8,10-11,15-17H2,1-5H3/t19-,20-,24+/m1/s1. The van der Waals surface area contributed by atoms with Crippen LogP contribution in [0.4, 0.5) is 0 Å². The molecule has 1 aliphatic carbocycles. The Morgan fingerprint density at radius 2 is 2.00 bits per heavy atom. The fourth-order valence-electron chi connectivity index (χ4n) is 4.21. The molecule has 8 heteroatoms. The number of rotatable bonds is 6. The molecular weight excluding hydrogens is 452 g/mol. The van der Waals surface area contributed by atoms with Crippen molar-refractivity contribution in [3.05, 3.63) is 23.8 Å². The molecular formula is C26H38N2O5S. The monoisotopic (exact) mass is 490 g/mol. The van der Waals surface area contributed by atoms with E-state index in [1.807, 2.05) is 6.92 Å². The van der Waals surface area contributed by atoms with Crippen LogP contribution < -0.4 is 4.74 Å². The van der Waals surface area contributed by atoms with Crippen LogP contribution in [-0.4, -0.2) is 67.5 Å². The average Bonchev–Trinajstić information content (AvgIpc) is 2.74. The van der Waals surface area contributed by atoms with Crippen molar-refractivity contribution in [1.29, 1.82) is 0 Å². The van der Waals surface area contributed by atoms with Crippen molar-refractivity contribution < 1.29 is 23.1 Å². The molecule has 1 aromatic carbocycles. The SMILES string of the molecule is CC(C)CC#Cc1ccc2c(c1)O[C@@H](CN(C)C(=O)C1CCC1)[C@H](C)CN([C@H](C)CO)S2(=O)=O. The van der Waals surface area contributed by atoms with Gasteiger partial charge >= 0.3 is 0 Å². The van der Waals surface area contributed by atoms with E-state index in [-0.39, 0.29) is 41.5 Å². The first-order valence-electron chi connectivity index (χ1n) is 12.2. The summed E-state index contributed by atoms with van der Waals surface area (Å²) < 4.78 is 34.8. The topological polar surface area (TPSA) is 87.2 Å². The van der Waals surface area contributed by atoms with Crippen molar-refractivity contribution in [2.45, 2.75) is 70.4 Å². The van der Waals surface area contributed by atoms with Gasteiger partial charge in [-0.15, -0.1) is 0 Å². The van der Waals surface area contributed by atoms with Gasteiger partial charge in [0.2, 0.25) is 15.9 Å². The molecule has 1 heterocycles. The van der Waals surface area contributed by atoms with Crippen molar-refractivity contribution in [3.63, 3.8) is 0 Å². The Kier molecular flexibility index (Phi) is 8.66. The van der Waals surface area contributed by atoms with Gasteiger partial charge < -0.3 is 14.7 Å². The molecule has 1 aromatic rings. The first-order chi connectivity index (χ1) is 16.0. The summed E-state index contributed by atoms with van der Waals surface area (Å²) in [6.45, 7) is 8.07. The van der Waals surface area contributed by atoms with E-state index in [2.05, 4.69) is 25.7 Å². The number of sulfonamides is 1. The van der Waals surface area contributed by atoms with Gasteiger partial charge in [0, 0.05) is 43.5 Å². The molecule has 0 spiro atoms. The normalized spacial score (nSPS) is 23.4. The molecule has 7 nitrogen and oxygen atoms in total. The van der Waals surface area contributed by atoms with Gasteiger partial charge in [-0.3, -0.25) is 4.79 Å². The number of hydrogen-bond acceptors (Lipinski definition) is 5. The molecule has 0 saturated heterocycles. The molecule has 2 aliphatic rings. The molecule has 1 N–H and O–H groups in total. The number of carbonyl (C=O) groups is 1. The summed E-state index contributed by atoms with van der Waals surface area (Å²) in [5, 5.41) is 9.77. The first kappa shape index (κ1) is 26.5. The Hall–Kier alpha value is -2.08. The molecule has 3 atom stereocenters. The highest BCUT2D eigenvalue weighted by atomic mass is 32.2. The maximum Gasteiger partial charge on any atom is 0.247 e. The highest BCUT2D eigenvalue weighted by Gasteiger charge is 2.39. The summed E-state index contributed by atoms with van der Waals surface area (Å²) >= 11 is 0. The Balaban J connectivity index is 1.98. The summed E-state index contributed by atoms with van der Waals surface area (Å²) in [7, 11) is -2.11. The van der Waals surface area contributed by atoms with Gasteiger partial charge in [-0.25, -0.2) is 8.42 Å². The van der Waals surface area contributed by atoms with Crippen LogP contribution in [0.2, 0.25) is 0 Å². The second-order valence-electron chi connectivity index (χ2n) is 10.1. The lowest BCUT2D eigenvalue weighted by atomic mass is 9.84. The van der Waals surface area contributed by atoms with Gasteiger partial charge in [0.15, 0.2) is 0 Å². The summed E-state index contributed by atoms with van der Waals surface area (Å²) in [6, 6.07) is 4.33. The maximum atomic E-state index is 13.5. The Labute approximate surface area is 204 Å². The van der Waals surface area contributed by atoms with E-state index < -0.39 is 22.2 Å². The van der Waals surface area contributed by atoms with E-state index in [9.17, 15) is 18.3 Å². The molecule has 188 valence electrons. The number of likely N-dealkylation sites (N-methyl/N-ethyl adjacent to an activating group) is 1. The van der Waals surface area contributed by atoms with Gasteiger partial charge in [0.05, 0.1) is 13.2 Å². The Morgan fingerprint density at radius 1 is 1.29 bits per heavy atom. The zero-order chi connectivity index (χ0) is 25.0. The van der Waals surface area contributed by atoms with Gasteiger partial charge in [0.25, 0.3) is 0 Å². The van der Waals surface area contributed by atoms with Crippen molar-refractivity contribution in [1.82, 2.24) is 9.21 Å². The average molecular weight is 491 g/mol. The predicted molar refractivity (Wildman–Crippen MR) is 132 cm³/mol. The second kappa shape index (κ2) is 11.1. The molecule has 34 heavy (non-hydrogen) atoms. The molecule has 1 aliphatic heterocycles. The van der Waals surface area contributed by atoms with Crippen molar-refractivity contribution in [2.24, 2.45) is 17.8 Å². The van der Waals surface area contributed by atoms with Crippen LogP contribution in [0, 0.1) is 29.6 Å². The smallest absolute Gasteiger partial charge is 0.247 e. The van der Waals surface area contributed by atoms with E-state index in [4.69, 9.17) is 4.74 Å². The van der Waals surface area contributed by atoms with Crippen LogP contribution in [-0.2, 0) is 14.8 Å². The molecule has 0 radical (unpaired) electrons. The van der Waals surface area contributed by atoms with Crippen LogP contribution in [0.15, 0.2) is 23.1 Å². The third-order valence-electron chi connectivity index (χ3n) is 6.69. The molecule has 0 unspecified atom stereocenters. The maximum absolute atomic E-state index is 13.5. The van der Waals surface area contributed by atoms with Gasteiger partial charge in [0.1, 0.15) is 16.7 Å². The summed E-state index contributed by atoms with van der Waals surface area (Å²) in [5.74, 6) is 6.92. The van der Waals surface area contributed by atoms with Crippen molar-refractivity contribution in [3.8, 4) is 17.6 Å². The number of benzene rings is 1. The van der Waals surface area contributed by atoms with Crippen LogP contribution in [0.3, 0.4) is 0 Å². The molecule has 1 amide bonds. The first-order valence-corrected chi connectivity index (χ1v) is 13.7. The zero-order valence-electron chi connectivity index (χ0n) is 21.0. The number of fused-ring (bicyclic) bond motifs is 1. The zero-order valence-corrected chi connectivity index (χ0v) is 21.8. The number of aliphatic hydroxyl groups excluding tert-OH is 1. The molecule has 1 saturated carbocycles. The van der Waals surface area contributed by atoms with E-state index >= 15 is 0 Å². The quantitative estimate of drug-likeness (QED) is 0.619. The minimum absolute atomic E-state index is 0.0621. The second-order valence-corrected chi connectivity index (χ2v) is 12.0. The lowest BCUT2D eigenvalue weighted by Gasteiger charge is -2.38. The highest BCUT2D eigenvalue weighted by Crippen LogP contribution is 2.34. The van der Waals surface area contributed by atoms with Gasteiger partial charge in [-0.05, 0) is 43.9 Å². The number of ether oxygens (including phenoxy) is 1. The van der Waals surface area contributed by atoms with E-state index in [0.717, 1.165) is 25.7 Å². The van der Waals surface area contributed by atoms with E-state index in [0.29, 0.717) is 18.0 Å². The van der Waals surface area contributed by atoms with E-state index in [1.54, 1.807) is 31.0 Å². The summed E-state index contributed by atoms with van der Waals surface area (Å²) in [4.78, 5) is 14.5. The predicted octanol–water partition coefficient (Wildman–Crippen LogP) is 3.11. The molecule has 0 aromatic heterocycles. The number of nitrogens with zero attached hydrogens (tertiary/aromatic N) is 2. The lowest BCUT2D eigenvalue weighted by molar-refractivity contribution is -0.138. The fraction of sp³-hybridized carbons (Fsp3) is 0.654.